The Bertz CT molecular complexity index is 591. The van der Waals surface area contributed by atoms with Crippen molar-refractivity contribution < 1.29 is 19.0 Å². The van der Waals surface area contributed by atoms with E-state index in [1.165, 1.54) is 17.4 Å². The Kier molecular flexibility index (Phi) is 3.23. The van der Waals surface area contributed by atoms with Gasteiger partial charge in [0.05, 0.1) is 23.4 Å². The number of fused-ring (bicyclic) bond motifs is 1. The molecule has 3 rings (SSSR count). The van der Waals surface area contributed by atoms with Gasteiger partial charge in [-0.15, -0.1) is 11.3 Å². The first-order valence-corrected chi connectivity index (χ1v) is 6.92. The molecule has 0 amide bonds. The molecular weight excluding hydrogens is 325 g/mol. The van der Waals surface area contributed by atoms with Crippen molar-refractivity contribution in [1.82, 2.24) is 4.98 Å². The molecule has 1 aromatic heterocycles. The van der Waals surface area contributed by atoms with E-state index in [4.69, 9.17) is 9.47 Å². The molecular formula is C11H9BrFNO3S. The molecule has 96 valence electrons. The first-order valence-electron chi connectivity index (χ1n) is 5.31. The number of nitrogens with zero attached hydrogens (tertiary/aromatic N) is 1. The molecule has 0 spiro atoms. The smallest absolute Gasteiger partial charge is 0.167 e. The largest absolute Gasteiger partial charge is 0.482 e. The topological polar surface area (TPSA) is 51.6 Å². The van der Waals surface area contributed by atoms with Crippen LogP contribution >= 0.6 is 27.3 Å². The van der Waals surface area contributed by atoms with E-state index in [0.29, 0.717) is 9.43 Å². The highest BCUT2D eigenvalue weighted by molar-refractivity contribution is 9.11. The minimum atomic E-state index is -0.715. The van der Waals surface area contributed by atoms with Crippen LogP contribution in [0.25, 0.3) is 10.2 Å². The van der Waals surface area contributed by atoms with Gasteiger partial charge in [-0.05, 0) is 15.9 Å². The van der Waals surface area contributed by atoms with Gasteiger partial charge in [-0.2, -0.15) is 0 Å². The minimum absolute atomic E-state index is 0.119. The summed E-state index contributed by atoms with van der Waals surface area (Å²) in [5.41, 5.74) is 0.583. The Balaban J connectivity index is 1.93. The summed E-state index contributed by atoms with van der Waals surface area (Å²) >= 11 is 4.65. The van der Waals surface area contributed by atoms with Crippen LogP contribution in [-0.2, 0) is 4.74 Å². The maximum atomic E-state index is 13.8. The normalized spacial score (nSPS) is 23.7. The average Bonchev–Trinajstić information content (AvgIpc) is 2.85. The highest BCUT2D eigenvalue weighted by atomic mass is 79.9. The maximum Gasteiger partial charge on any atom is 0.167 e. The Labute approximate surface area is 114 Å². The molecule has 18 heavy (non-hydrogen) atoms. The summed E-state index contributed by atoms with van der Waals surface area (Å²) in [6, 6.07) is 2.92. The van der Waals surface area contributed by atoms with Crippen molar-refractivity contribution >= 4 is 37.5 Å². The van der Waals surface area contributed by atoms with Crippen molar-refractivity contribution in [3.63, 3.8) is 0 Å². The van der Waals surface area contributed by atoms with Gasteiger partial charge in [0, 0.05) is 12.1 Å². The number of halogens is 2. The predicted molar refractivity (Wildman–Crippen MR) is 68.5 cm³/mol. The van der Waals surface area contributed by atoms with Crippen molar-refractivity contribution in [2.24, 2.45) is 0 Å². The van der Waals surface area contributed by atoms with Crippen molar-refractivity contribution in [3.05, 3.63) is 21.9 Å². The third-order valence-corrected chi connectivity index (χ3v) is 4.16. The quantitative estimate of drug-likeness (QED) is 0.916. The van der Waals surface area contributed by atoms with Crippen LogP contribution in [0.3, 0.4) is 0 Å². The van der Waals surface area contributed by atoms with E-state index in [1.807, 2.05) is 0 Å². The number of aliphatic hydroxyl groups excluding tert-OH is 1. The lowest BCUT2D eigenvalue weighted by Gasteiger charge is -2.15. The predicted octanol–water partition coefficient (Wildman–Crippen LogP) is 2.34. The van der Waals surface area contributed by atoms with Gasteiger partial charge >= 0.3 is 0 Å². The van der Waals surface area contributed by atoms with Gasteiger partial charge in [-0.3, -0.25) is 0 Å². The number of thiazole rings is 1. The number of benzene rings is 1. The molecule has 2 atom stereocenters. The first kappa shape index (κ1) is 12.3. The molecule has 1 saturated heterocycles. The van der Waals surface area contributed by atoms with E-state index in [2.05, 4.69) is 20.9 Å². The lowest BCUT2D eigenvalue weighted by molar-refractivity contribution is 0.0709. The van der Waals surface area contributed by atoms with E-state index >= 15 is 0 Å². The summed E-state index contributed by atoms with van der Waals surface area (Å²) in [5.74, 6) is -0.368. The van der Waals surface area contributed by atoms with Crippen molar-refractivity contribution in [2.45, 2.75) is 12.2 Å². The van der Waals surface area contributed by atoms with Gasteiger partial charge in [-0.1, -0.05) is 0 Å². The lowest BCUT2D eigenvalue weighted by Crippen LogP contribution is -2.30. The number of ether oxygens (including phenoxy) is 2. The van der Waals surface area contributed by atoms with Crippen LogP contribution in [0.15, 0.2) is 16.0 Å². The zero-order chi connectivity index (χ0) is 12.7. The maximum absolute atomic E-state index is 13.8. The highest BCUT2D eigenvalue weighted by Gasteiger charge is 2.29. The molecule has 0 bridgehead atoms. The second-order valence-corrected chi connectivity index (χ2v) is 6.28. The van der Waals surface area contributed by atoms with Crippen LogP contribution < -0.4 is 4.74 Å². The number of aromatic nitrogens is 1. The lowest BCUT2D eigenvalue weighted by atomic mass is 10.2. The summed E-state index contributed by atoms with van der Waals surface area (Å²) in [6.07, 6.45) is -1.23. The molecule has 1 aliphatic heterocycles. The second-order valence-electron chi connectivity index (χ2n) is 3.98. The van der Waals surface area contributed by atoms with E-state index in [1.54, 1.807) is 6.07 Å². The zero-order valence-electron chi connectivity index (χ0n) is 9.10. The minimum Gasteiger partial charge on any atom is -0.482 e. The number of rotatable bonds is 2. The van der Waals surface area contributed by atoms with Gasteiger partial charge < -0.3 is 14.6 Å². The molecule has 4 nitrogen and oxygen atoms in total. The Morgan fingerprint density at radius 1 is 1.50 bits per heavy atom. The van der Waals surface area contributed by atoms with Gasteiger partial charge in [0.2, 0.25) is 0 Å². The molecule has 1 fully saturated rings. The summed E-state index contributed by atoms with van der Waals surface area (Å²) in [7, 11) is 0. The van der Waals surface area contributed by atoms with Gasteiger partial charge in [-0.25, -0.2) is 9.37 Å². The standard InChI is InChI=1S/C11H9BrFNO3S/c12-11-14-6-1-5(13)8(2-10(6)18-11)17-9-4-16-3-7(9)15/h1-2,7,9,15H,3-4H2. The summed E-state index contributed by atoms with van der Waals surface area (Å²) in [5, 5.41) is 9.57. The van der Waals surface area contributed by atoms with Crippen LogP contribution in [0.1, 0.15) is 0 Å². The van der Waals surface area contributed by atoms with E-state index in [-0.39, 0.29) is 19.0 Å². The summed E-state index contributed by atoms with van der Waals surface area (Å²) in [4.78, 5) is 4.13. The van der Waals surface area contributed by atoms with Gasteiger partial charge in [0.15, 0.2) is 21.6 Å². The third-order valence-electron chi connectivity index (χ3n) is 2.69. The third kappa shape index (κ3) is 2.23. The van der Waals surface area contributed by atoms with Crippen LogP contribution in [0.4, 0.5) is 4.39 Å². The van der Waals surface area contributed by atoms with Crippen LogP contribution in [0.2, 0.25) is 0 Å². The molecule has 1 aromatic carbocycles. The molecule has 1 aliphatic rings. The number of hydrogen-bond acceptors (Lipinski definition) is 5. The fourth-order valence-corrected chi connectivity index (χ4v) is 3.21. The Morgan fingerprint density at radius 2 is 2.33 bits per heavy atom. The van der Waals surface area contributed by atoms with Crippen LogP contribution in [0, 0.1) is 5.82 Å². The molecule has 2 aromatic rings. The fourth-order valence-electron chi connectivity index (χ4n) is 1.79. The molecule has 7 heteroatoms. The number of hydrogen-bond donors (Lipinski definition) is 1. The molecule has 0 radical (unpaired) electrons. The first-order chi connectivity index (χ1) is 8.63. The zero-order valence-corrected chi connectivity index (χ0v) is 11.5. The van der Waals surface area contributed by atoms with Gasteiger partial charge in [0.25, 0.3) is 0 Å². The Hall–Kier alpha value is -0.760. The van der Waals surface area contributed by atoms with Gasteiger partial charge in [0.1, 0.15) is 6.10 Å². The molecule has 2 heterocycles. The fraction of sp³-hybridized carbons (Fsp3) is 0.364. The average molecular weight is 334 g/mol. The highest BCUT2D eigenvalue weighted by Crippen LogP contribution is 2.32. The second kappa shape index (κ2) is 4.73. The van der Waals surface area contributed by atoms with E-state index < -0.39 is 18.0 Å². The van der Waals surface area contributed by atoms with Crippen molar-refractivity contribution in [3.8, 4) is 5.75 Å². The molecule has 1 N–H and O–H groups in total. The van der Waals surface area contributed by atoms with Crippen LogP contribution in [-0.4, -0.2) is 35.5 Å². The van der Waals surface area contributed by atoms with E-state index in [0.717, 1.165) is 4.70 Å². The molecule has 0 aliphatic carbocycles. The molecule has 2 unspecified atom stereocenters. The number of aliphatic hydroxyl groups is 1. The monoisotopic (exact) mass is 333 g/mol. The SMILES string of the molecule is OC1COCC1Oc1cc2sc(Br)nc2cc1F. The summed E-state index contributed by atoms with van der Waals surface area (Å²) in [6.45, 7) is 0.492. The van der Waals surface area contributed by atoms with Crippen molar-refractivity contribution in [2.75, 3.05) is 13.2 Å². The van der Waals surface area contributed by atoms with E-state index in [9.17, 15) is 9.50 Å². The Morgan fingerprint density at radius 3 is 3.06 bits per heavy atom. The van der Waals surface area contributed by atoms with Crippen LogP contribution in [0.5, 0.6) is 5.75 Å². The summed E-state index contributed by atoms with van der Waals surface area (Å²) < 4.78 is 25.8. The molecule has 0 saturated carbocycles. The van der Waals surface area contributed by atoms with Crippen molar-refractivity contribution in [1.29, 1.82) is 0 Å².